The fourth-order valence-corrected chi connectivity index (χ4v) is 2.55. The van der Waals surface area contributed by atoms with Crippen LogP contribution in [0.2, 0.25) is 0 Å². The predicted octanol–water partition coefficient (Wildman–Crippen LogP) is 3.32. The normalized spacial score (nSPS) is 17.7. The van der Waals surface area contributed by atoms with Gasteiger partial charge in [0.25, 0.3) is 0 Å². The van der Waals surface area contributed by atoms with Gasteiger partial charge in [-0.25, -0.2) is 4.39 Å². The fourth-order valence-electron chi connectivity index (χ4n) is 2.55. The lowest BCUT2D eigenvalue weighted by molar-refractivity contribution is -0.144. The summed E-state index contributed by atoms with van der Waals surface area (Å²) in [6.45, 7) is 3.41. The van der Waals surface area contributed by atoms with Crippen molar-refractivity contribution in [1.82, 2.24) is 0 Å². The lowest BCUT2D eigenvalue weighted by Crippen LogP contribution is -2.33. The van der Waals surface area contributed by atoms with Crippen molar-refractivity contribution < 1.29 is 13.9 Å². The van der Waals surface area contributed by atoms with Crippen molar-refractivity contribution >= 4 is 5.97 Å². The topological polar surface area (TPSA) is 26.3 Å². The van der Waals surface area contributed by atoms with Gasteiger partial charge in [0.15, 0.2) is 0 Å². The van der Waals surface area contributed by atoms with Gasteiger partial charge in [-0.3, -0.25) is 4.79 Å². The summed E-state index contributed by atoms with van der Waals surface area (Å²) in [4.78, 5) is 12.1. The molecule has 0 heterocycles. The number of carbonyl (C=O) groups excluding carboxylic acids is 1. The van der Waals surface area contributed by atoms with Crippen LogP contribution in [0.25, 0.3) is 0 Å². The first-order valence-corrected chi connectivity index (χ1v) is 5.77. The van der Waals surface area contributed by atoms with Crippen LogP contribution in [-0.4, -0.2) is 5.97 Å². The van der Waals surface area contributed by atoms with Gasteiger partial charge in [0, 0.05) is 0 Å². The van der Waals surface area contributed by atoms with Crippen LogP contribution in [0.1, 0.15) is 31.2 Å². The molecule has 0 bridgehead atoms. The van der Waals surface area contributed by atoms with E-state index in [1.807, 2.05) is 0 Å². The average Bonchev–Trinajstić information content (AvgIpc) is 2.81. The Labute approximate surface area is 100 Å². The molecule has 0 unspecified atom stereocenters. The summed E-state index contributed by atoms with van der Waals surface area (Å²) in [5.41, 5.74) is 0.227. The zero-order valence-electron chi connectivity index (χ0n) is 9.62. The molecule has 0 atom stereocenters. The second-order valence-electron chi connectivity index (χ2n) is 4.37. The number of hydrogen-bond donors (Lipinski definition) is 0. The molecule has 1 saturated carbocycles. The van der Waals surface area contributed by atoms with Crippen molar-refractivity contribution in [2.75, 3.05) is 0 Å². The summed E-state index contributed by atoms with van der Waals surface area (Å²) in [5, 5.41) is 0. The first kappa shape index (κ1) is 11.8. The lowest BCUT2D eigenvalue weighted by atomic mass is 9.79. The Morgan fingerprint density at radius 3 is 2.41 bits per heavy atom. The van der Waals surface area contributed by atoms with Crippen molar-refractivity contribution in [2.24, 2.45) is 0 Å². The molecule has 1 aliphatic rings. The number of hydrogen-bond acceptors (Lipinski definition) is 2. The van der Waals surface area contributed by atoms with E-state index < -0.39 is 5.41 Å². The van der Waals surface area contributed by atoms with Gasteiger partial charge in [-0.05, 0) is 30.5 Å². The van der Waals surface area contributed by atoms with Crippen LogP contribution in [0.3, 0.4) is 0 Å². The molecule has 0 radical (unpaired) electrons. The molecular weight excluding hydrogens is 219 g/mol. The number of halogens is 1. The molecule has 2 nitrogen and oxygen atoms in total. The summed E-state index contributed by atoms with van der Waals surface area (Å²) in [6, 6.07) is 6.11. The SMILES string of the molecule is C=COC(=O)C1(c2ccc(F)cc2)CCCC1. The van der Waals surface area contributed by atoms with Crippen molar-refractivity contribution in [3.05, 3.63) is 48.5 Å². The van der Waals surface area contributed by atoms with E-state index in [2.05, 4.69) is 6.58 Å². The molecule has 0 N–H and O–H groups in total. The van der Waals surface area contributed by atoms with Crippen LogP contribution in [0.15, 0.2) is 37.1 Å². The number of ether oxygens (including phenoxy) is 1. The molecule has 0 saturated heterocycles. The van der Waals surface area contributed by atoms with E-state index in [0.29, 0.717) is 0 Å². The van der Waals surface area contributed by atoms with Gasteiger partial charge in [0.2, 0.25) is 0 Å². The molecule has 0 aromatic heterocycles. The largest absolute Gasteiger partial charge is 0.434 e. The highest BCUT2D eigenvalue weighted by atomic mass is 19.1. The molecular formula is C14H15FO2. The zero-order valence-corrected chi connectivity index (χ0v) is 9.62. The highest BCUT2D eigenvalue weighted by Crippen LogP contribution is 2.42. The molecule has 0 aliphatic heterocycles. The van der Waals surface area contributed by atoms with Gasteiger partial charge in [-0.1, -0.05) is 31.6 Å². The molecule has 1 fully saturated rings. The molecule has 1 aromatic rings. The maximum atomic E-state index is 12.9. The molecule has 3 heteroatoms. The Morgan fingerprint density at radius 2 is 1.88 bits per heavy atom. The number of carbonyl (C=O) groups is 1. The van der Waals surface area contributed by atoms with Crippen LogP contribution in [0.4, 0.5) is 4.39 Å². The van der Waals surface area contributed by atoms with Gasteiger partial charge < -0.3 is 4.74 Å². The predicted molar refractivity (Wildman–Crippen MR) is 62.8 cm³/mol. The smallest absolute Gasteiger partial charge is 0.321 e. The highest BCUT2D eigenvalue weighted by molar-refractivity contribution is 5.84. The van der Waals surface area contributed by atoms with Crippen LogP contribution in [0.5, 0.6) is 0 Å². The lowest BCUT2D eigenvalue weighted by Gasteiger charge is -2.26. The average molecular weight is 234 g/mol. The van der Waals surface area contributed by atoms with Crippen molar-refractivity contribution in [2.45, 2.75) is 31.1 Å². The number of rotatable bonds is 3. The van der Waals surface area contributed by atoms with E-state index in [0.717, 1.165) is 37.5 Å². The highest BCUT2D eigenvalue weighted by Gasteiger charge is 2.43. The van der Waals surface area contributed by atoms with E-state index in [4.69, 9.17) is 4.74 Å². The van der Waals surface area contributed by atoms with E-state index in [-0.39, 0.29) is 11.8 Å². The fraction of sp³-hybridized carbons (Fsp3) is 0.357. The van der Waals surface area contributed by atoms with E-state index >= 15 is 0 Å². The monoisotopic (exact) mass is 234 g/mol. The van der Waals surface area contributed by atoms with Crippen LogP contribution >= 0.6 is 0 Å². The third-order valence-corrected chi connectivity index (χ3v) is 3.44. The minimum atomic E-state index is -0.609. The Bertz CT molecular complexity index is 416. The van der Waals surface area contributed by atoms with Crippen molar-refractivity contribution in [3.8, 4) is 0 Å². The summed E-state index contributed by atoms with van der Waals surface area (Å²) in [6.07, 6.45) is 4.65. The molecule has 90 valence electrons. The first-order valence-electron chi connectivity index (χ1n) is 5.77. The van der Waals surface area contributed by atoms with Crippen LogP contribution in [0, 0.1) is 5.82 Å². The van der Waals surface area contributed by atoms with Crippen LogP contribution in [-0.2, 0) is 14.9 Å². The number of esters is 1. The Morgan fingerprint density at radius 1 is 1.29 bits per heavy atom. The molecule has 1 aliphatic carbocycles. The molecule has 2 rings (SSSR count). The summed E-state index contributed by atoms with van der Waals surface area (Å²) < 4.78 is 17.9. The molecule has 0 amide bonds. The Hall–Kier alpha value is -1.64. The zero-order chi connectivity index (χ0) is 12.3. The second-order valence-corrected chi connectivity index (χ2v) is 4.37. The van der Waals surface area contributed by atoms with Gasteiger partial charge in [0.1, 0.15) is 5.82 Å². The number of benzene rings is 1. The maximum Gasteiger partial charge on any atom is 0.321 e. The van der Waals surface area contributed by atoms with Gasteiger partial charge in [0.05, 0.1) is 11.7 Å². The first-order chi connectivity index (χ1) is 8.19. The molecule has 1 aromatic carbocycles. The standard InChI is InChI=1S/C14H15FO2/c1-2-17-13(16)14(9-3-4-10-14)11-5-7-12(15)8-6-11/h2,5-8H,1,3-4,9-10H2. The van der Waals surface area contributed by atoms with E-state index in [9.17, 15) is 9.18 Å². The summed E-state index contributed by atoms with van der Waals surface area (Å²) in [7, 11) is 0. The van der Waals surface area contributed by atoms with Gasteiger partial charge >= 0.3 is 5.97 Å². The maximum absolute atomic E-state index is 12.9. The van der Waals surface area contributed by atoms with Gasteiger partial charge in [-0.15, -0.1) is 0 Å². The summed E-state index contributed by atoms with van der Waals surface area (Å²) >= 11 is 0. The van der Waals surface area contributed by atoms with Crippen LogP contribution < -0.4 is 0 Å². The third-order valence-electron chi connectivity index (χ3n) is 3.44. The van der Waals surface area contributed by atoms with E-state index in [1.165, 1.54) is 12.1 Å². The van der Waals surface area contributed by atoms with Gasteiger partial charge in [-0.2, -0.15) is 0 Å². The minimum absolute atomic E-state index is 0.281. The van der Waals surface area contributed by atoms with Crippen molar-refractivity contribution in [3.63, 3.8) is 0 Å². The van der Waals surface area contributed by atoms with Crippen molar-refractivity contribution in [1.29, 1.82) is 0 Å². The third kappa shape index (κ3) is 2.09. The Kier molecular flexibility index (Phi) is 3.27. The minimum Gasteiger partial charge on any atom is -0.434 e. The Balaban J connectivity index is 2.37. The van der Waals surface area contributed by atoms with E-state index in [1.54, 1.807) is 12.1 Å². The quantitative estimate of drug-likeness (QED) is 0.592. The second kappa shape index (κ2) is 4.70. The molecule has 0 spiro atoms. The summed E-state index contributed by atoms with van der Waals surface area (Å²) in [5.74, 6) is -0.574. The molecule has 17 heavy (non-hydrogen) atoms.